The van der Waals surface area contributed by atoms with Crippen molar-refractivity contribution in [3.8, 4) is 0 Å². The van der Waals surface area contributed by atoms with Gasteiger partial charge in [-0.15, -0.1) is 0 Å². The van der Waals surface area contributed by atoms with E-state index in [9.17, 15) is 15.2 Å². The number of aliphatic hydroxyl groups excluding tert-OH is 1. The van der Waals surface area contributed by atoms with Crippen molar-refractivity contribution in [2.24, 2.45) is 11.8 Å². The molecule has 1 heterocycles. The number of allylic oxidation sites excluding steroid dienone is 2. The second-order valence-electron chi connectivity index (χ2n) is 5.31. The molecule has 3 rings (SSSR count). The van der Waals surface area contributed by atoms with E-state index in [1.54, 1.807) is 0 Å². The Morgan fingerprint density at radius 2 is 2.16 bits per heavy atom. The molecule has 0 amide bonds. The van der Waals surface area contributed by atoms with Crippen LogP contribution >= 0.6 is 11.3 Å². The van der Waals surface area contributed by atoms with Crippen LogP contribution in [0.3, 0.4) is 0 Å². The smallest absolute Gasteiger partial charge is 0.344 e. The van der Waals surface area contributed by atoms with Gasteiger partial charge in [0.15, 0.2) is 0 Å². The molecule has 2 unspecified atom stereocenters. The van der Waals surface area contributed by atoms with E-state index in [1.807, 2.05) is 0 Å². The van der Waals surface area contributed by atoms with Gasteiger partial charge in [-0.3, -0.25) is 10.1 Å². The molecule has 1 aromatic rings. The lowest BCUT2D eigenvalue weighted by Gasteiger charge is -2.35. The Morgan fingerprint density at radius 1 is 1.37 bits per heavy atom. The molecule has 5 nitrogen and oxygen atoms in total. The summed E-state index contributed by atoms with van der Waals surface area (Å²) in [7, 11) is 0. The van der Waals surface area contributed by atoms with Crippen molar-refractivity contribution < 1.29 is 10.0 Å². The number of nitrogens with zero attached hydrogens (tertiary/aromatic N) is 2. The van der Waals surface area contributed by atoms with Crippen molar-refractivity contribution in [1.82, 2.24) is 4.98 Å². The molecule has 1 saturated carbocycles. The SMILES string of the molecule is O=[N+]([O-])c1cnc(C2=C(O)C3CCCCC3CC2)s1. The molecule has 1 aromatic heterocycles. The van der Waals surface area contributed by atoms with Gasteiger partial charge in [-0.05, 0) is 42.9 Å². The predicted octanol–water partition coefficient (Wildman–Crippen LogP) is 3.92. The molecule has 2 aliphatic carbocycles. The number of hydrogen-bond acceptors (Lipinski definition) is 5. The quantitative estimate of drug-likeness (QED) is 0.658. The molecule has 2 aliphatic rings. The number of nitro groups is 1. The second kappa shape index (κ2) is 4.92. The maximum absolute atomic E-state index is 10.7. The lowest BCUT2D eigenvalue weighted by atomic mass is 9.71. The normalized spacial score (nSPS) is 27.2. The fourth-order valence-corrected chi connectivity index (χ4v) is 4.11. The van der Waals surface area contributed by atoms with Gasteiger partial charge in [0.2, 0.25) is 0 Å². The van der Waals surface area contributed by atoms with Crippen molar-refractivity contribution in [3.63, 3.8) is 0 Å². The zero-order valence-electron chi connectivity index (χ0n) is 10.5. The summed E-state index contributed by atoms with van der Waals surface area (Å²) < 4.78 is 0. The Balaban J connectivity index is 1.92. The molecular formula is C13H16N2O3S. The first-order valence-electron chi connectivity index (χ1n) is 6.69. The third-order valence-corrected chi connectivity index (χ3v) is 5.27. The van der Waals surface area contributed by atoms with Crippen LogP contribution in [0.15, 0.2) is 12.0 Å². The first-order chi connectivity index (χ1) is 9.16. The molecule has 1 fully saturated rings. The molecule has 0 aliphatic heterocycles. The molecule has 102 valence electrons. The Morgan fingerprint density at radius 3 is 2.89 bits per heavy atom. The van der Waals surface area contributed by atoms with E-state index in [0.29, 0.717) is 16.7 Å². The van der Waals surface area contributed by atoms with Gasteiger partial charge >= 0.3 is 5.00 Å². The lowest BCUT2D eigenvalue weighted by Crippen LogP contribution is -2.25. The number of rotatable bonds is 2. The van der Waals surface area contributed by atoms with Crippen LogP contribution in [0.4, 0.5) is 5.00 Å². The zero-order chi connectivity index (χ0) is 13.4. The molecule has 0 radical (unpaired) electrons. The summed E-state index contributed by atoms with van der Waals surface area (Å²) in [6.07, 6.45) is 7.79. The fraction of sp³-hybridized carbons (Fsp3) is 0.615. The van der Waals surface area contributed by atoms with Crippen LogP contribution in [0, 0.1) is 22.0 Å². The Hall–Kier alpha value is -1.43. The molecule has 1 N–H and O–H groups in total. The van der Waals surface area contributed by atoms with Crippen LogP contribution in [-0.4, -0.2) is 15.0 Å². The Kier molecular flexibility index (Phi) is 3.26. The van der Waals surface area contributed by atoms with E-state index in [1.165, 1.54) is 19.0 Å². The van der Waals surface area contributed by atoms with E-state index in [2.05, 4.69) is 4.98 Å². The molecule has 0 bridgehead atoms. The Bertz CT molecular complexity index is 538. The topological polar surface area (TPSA) is 76.3 Å². The summed E-state index contributed by atoms with van der Waals surface area (Å²) in [5, 5.41) is 21.8. The third kappa shape index (κ3) is 2.25. The summed E-state index contributed by atoms with van der Waals surface area (Å²) in [5.74, 6) is 1.29. The standard InChI is InChI=1S/C13H16N2O3S/c16-12-9-4-2-1-3-8(9)5-6-10(12)13-14-7-11(19-13)15(17)18/h7-9,16H,1-6H2. The lowest BCUT2D eigenvalue weighted by molar-refractivity contribution is -0.380. The van der Waals surface area contributed by atoms with E-state index < -0.39 is 4.92 Å². The van der Waals surface area contributed by atoms with Crippen molar-refractivity contribution in [2.75, 3.05) is 0 Å². The first-order valence-corrected chi connectivity index (χ1v) is 7.51. The average molecular weight is 280 g/mol. The summed E-state index contributed by atoms with van der Waals surface area (Å²) >= 11 is 1.06. The van der Waals surface area contributed by atoms with Crippen molar-refractivity contribution >= 4 is 21.9 Å². The van der Waals surface area contributed by atoms with Crippen LogP contribution in [-0.2, 0) is 0 Å². The highest BCUT2D eigenvalue weighted by Crippen LogP contribution is 2.46. The van der Waals surface area contributed by atoms with Crippen LogP contribution in [0.5, 0.6) is 0 Å². The highest BCUT2D eigenvalue weighted by atomic mass is 32.1. The van der Waals surface area contributed by atoms with Gasteiger partial charge in [0.1, 0.15) is 17.0 Å². The van der Waals surface area contributed by atoms with Crippen LogP contribution in [0.25, 0.3) is 5.57 Å². The van der Waals surface area contributed by atoms with Crippen molar-refractivity contribution in [2.45, 2.75) is 38.5 Å². The molecule has 0 spiro atoms. The van der Waals surface area contributed by atoms with Gasteiger partial charge in [0.05, 0.1) is 4.92 Å². The molecule has 0 saturated heterocycles. The van der Waals surface area contributed by atoms with Gasteiger partial charge < -0.3 is 5.11 Å². The molecular weight excluding hydrogens is 264 g/mol. The van der Waals surface area contributed by atoms with Gasteiger partial charge in [-0.2, -0.15) is 0 Å². The maximum Gasteiger partial charge on any atom is 0.344 e. The van der Waals surface area contributed by atoms with Crippen molar-refractivity contribution in [3.05, 3.63) is 27.1 Å². The van der Waals surface area contributed by atoms with E-state index >= 15 is 0 Å². The summed E-state index contributed by atoms with van der Waals surface area (Å²) in [4.78, 5) is 14.4. The minimum Gasteiger partial charge on any atom is -0.512 e. The number of fused-ring (bicyclic) bond motifs is 1. The predicted molar refractivity (Wildman–Crippen MR) is 73.0 cm³/mol. The fourth-order valence-electron chi connectivity index (χ4n) is 3.30. The third-order valence-electron chi connectivity index (χ3n) is 4.27. The average Bonchev–Trinajstić information content (AvgIpc) is 2.89. The van der Waals surface area contributed by atoms with Gasteiger partial charge in [0, 0.05) is 11.5 Å². The molecule has 0 aromatic carbocycles. The van der Waals surface area contributed by atoms with Gasteiger partial charge in [-0.1, -0.05) is 12.8 Å². The molecule has 6 heteroatoms. The number of thiazole rings is 1. The van der Waals surface area contributed by atoms with E-state index in [0.717, 1.165) is 42.6 Å². The number of hydrogen-bond donors (Lipinski definition) is 1. The van der Waals surface area contributed by atoms with E-state index in [4.69, 9.17) is 0 Å². The van der Waals surface area contributed by atoms with E-state index in [-0.39, 0.29) is 10.9 Å². The minimum atomic E-state index is -0.426. The number of aromatic nitrogens is 1. The first kappa shape index (κ1) is 12.6. The van der Waals surface area contributed by atoms with Gasteiger partial charge in [-0.25, -0.2) is 4.98 Å². The highest BCUT2D eigenvalue weighted by molar-refractivity contribution is 7.15. The van der Waals surface area contributed by atoms with Crippen molar-refractivity contribution in [1.29, 1.82) is 0 Å². The Labute approximate surface area is 115 Å². The van der Waals surface area contributed by atoms with Crippen LogP contribution < -0.4 is 0 Å². The summed E-state index contributed by atoms with van der Waals surface area (Å²) in [6, 6.07) is 0. The second-order valence-corrected chi connectivity index (χ2v) is 6.32. The van der Waals surface area contributed by atoms with Crippen LogP contribution in [0.2, 0.25) is 0 Å². The minimum absolute atomic E-state index is 0.0427. The largest absolute Gasteiger partial charge is 0.512 e. The molecule has 19 heavy (non-hydrogen) atoms. The van der Waals surface area contributed by atoms with Gasteiger partial charge in [0.25, 0.3) is 0 Å². The zero-order valence-corrected chi connectivity index (χ0v) is 11.4. The maximum atomic E-state index is 10.7. The number of aliphatic hydroxyl groups is 1. The van der Waals surface area contributed by atoms with Crippen LogP contribution in [0.1, 0.15) is 43.5 Å². The summed E-state index contributed by atoms with van der Waals surface area (Å²) in [5.41, 5.74) is 0.834. The molecule has 2 atom stereocenters. The summed E-state index contributed by atoms with van der Waals surface area (Å²) in [6.45, 7) is 0. The monoisotopic (exact) mass is 280 g/mol. The highest BCUT2D eigenvalue weighted by Gasteiger charge is 2.34.